The molecule has 0 radical (unpaired) electrons. The number of carboxylic acids is 1. The van der Waals surface area contributed by atoms with Crippen LogP contribution < -0.4 is 11.4 Å². The molecule has 2 unspecified atom stereocenters. The second-order valence-corrected chi connectivity index (χ2v) is 15.4. The van der Waals surface area contributed by atoms with Gasteiger partial charge in [-0.15, -0.1) is 0 Å². The molecule has 2 aromatic heterocycles. The van der Waals surface area contributed by atoms with Gasteiger partial charge in [0, 0.05) is 37.3 Å². The molecule has 4 heterocycles. The van der Waals surface area contributed by atoms with Crippen molar-refractivity contribution in [1.82, 2.24) is 28.9 Å². The number of rotatable bonds is 11. The van der Waals surface area contributed by atoms with E-state index in [2.05, 4.69) is 9.97 Å². The summed E-state index contributed by atoms with van der Waals surface area (Å²) in [5.41, 5.74) is 3.02. The maximum absolute atomic E-state index is 13.0. The molecule has 348 valence electrons. The van der Waals surface area contributed by atoms with Crippen molar-refractivity contribution in [2.45, 2.75) is 72.8 Å². The van der Waals surface area contributed by atoms with E-state index in [0.29, 0.717) is 62.3 Å². The highest BCUT2D eigenvalue weighted by atomic mass is 16.6. The van der Waals surface area contributed by atoms with Crippen molar-refractivity contribution in [2.75, 3.05) is 32.8 Å². The number of amides is 2. The van der Waals surface area contributed by atoms with Gasteiger partial charge in [0.1, 0.15) is 13.2 Å². The van der Waals surface area contributed by atoms with Crippen LogP contribution in [0.2, 0.25) is 0 Å². The zero-order chi connectivity index (χ0) is 45.0. The summed E-state index contributed by atoms with van der Waals surface area (Å²) >= 11 is 0. The number of esters is 1. The van der Waals surface area contributed by atoms with Crippen LogP contribution in [0.5, 0.6) is 0 Å². The highest BCUT2D eigenvalue weighted by Gasteiger charge is 2.33. The van der Waals surface area contributed by atoms with Crippen molar-refractivity contribution in [1.29, 1.82) is 0 Å². The number of imidazole rings is 2. The molecule has 0 saturated carbocycles. The normalized spacial score (nSPS) is 15.5. The number of hydrogen-bond acceptors (Lipinski definition) is 9. The van der Waals surface area contributed by atoms with Crippen LogP contribution in [0.15, 0.2) is 131 Å². The second-order valence-electron chi connectivity index (χ2n) is 15.4. The molecular weight excluding hydrogens is 845 g/mol. The van der Waals surface area contributed by atoms with Crippen LogP contribution in [0, 0.1) is 0 Å². The molecule has 8 rings (SSSR count). The van der Waals surface area contributed by atoms with Crippen LogP contribution in [0.4, 0.5) is 9.59 Å². The first kappa shape index (κ1) is 49.4. The number of carboxylic acid groups (broad SMARTS) is 1. The van der Waals surface area contributed by atoms with Crippen molar-refractivity contribution >= 4 is 24.1 Å². The van der Waals surface area contributed by atoms with Gasteiger partial charge in [0.15, 0.2) is 11.4 Å². The zero-order valence-electron chi connectivity index (χ0n) is 35.4. The molecule has 3 N–H and O–H groups in total. The van der Waals surface area contributed by atoms with E-state index in [9.17, 15) is 33.9 Å². The molecule has 16 heteroatoms. The molecular formula is C50H58N6O10. The Morgan fingerprint density at radius 3 is 1.35 bits per heavy atom. The van der Waals surface area contributed by atoms with E-state index in [1.807, 2.05) is 97.1 Å². The van der Waals surface area contributed by atoms with Gasteiger partial charge in [-0.25, -0.2) is 28.8 Å². The van der Waals surface area contributed by atoms with Crippen LogP contribution in [0.3, 0.4) is 0 Å². The Morgan fingerprint density at radius 2 is 0.955 bits per heavy atom. The molecule has 4 aromatic carbocycles. The zero-order valence-corrected chi connectivity index (χ0v) is 35.4. The highest BCUT2D eigenvalue weighted by Crippen LogP contribution is 2.31. The number of piperidine rings is 2. The molecule has 2 atom stereocenters. The molecule has 16 nitrogen and oxygen atoms in total. The largest absolute Gasteiger partial charge is 0.477 e. The van der Waals surface area contributed by atoms with Crippen LogP contribution in [-0.2, 0) is 27.4 Å². The third-order valence-electron chi connectivity index (χ3n) is 11.1. The van der Waals surface area contributed by atoms with Crippen molar-refractivity contribution in [3.8, 4) is 22.5 Å². The van der Waals surface area contributed by atoms with E-state index in [4.69, 9.17) is 14.2 Å². The first-order chi connectivity index (χ1) is 31.1. The molecule has 2 fully saturated rings. The van der Waals surface area contributed by atoms with Crippen molar-refractivity contribution in [3.63, 3.8) is 0 Å². The van der Waals surface area contributed by atoms with Gasteiger partial charge in [0.25, 0.3) is 0 Å². The lowest BCUT2D eigenvalue weighted by molar-refractivity contribution is 0.0519. The standard InChI is InChI=1S/C25H27N3O5.C23H23N3O5.2CH4/c1-2-32-23(29)21-22(19-12-7-4-8-13-19)28(24(30)26-21)20-14-9-15-27(16-20)25(31)33-17-18-10-5-3-6-11-18;27-21(28)19-20(17-10-5-2-6-11-17)26(22(29)24-19)18-12-7-13-25(14-18)23(30)31-15-16-8-3-1-4-9-16;;/h3-8,10-13,20H,2,9,14-17H2,1H3,(H,26,30);1-6,8-11,18H,7,12-15H2,(H,24,29)(H,27,28);2*1H4. The molecule has 2 amide bonds. The van der Waals surface area contributed by atoms with Crippen molar-refractivity contribution < 1.29 is 38.5 Å². The smallest absolute Gasteiger partial charge is 0.410 e. The second kappa shape index (κ2) is 23.4. The summed E-state index contributed by atoms with van der Waals surface area (Å²) in [6.45, 7) is 3.93. The van der Waals surface area contributed by atoms with E-state index in [-0.39, 0.29) is 64.7 Å². The first-order valence-electron chi connectivity index (χ1n) is 21.2. The lowest BCUT2D eigenvalue weighted by Crippen LogP contribution is -2.42. The van der Waals surface area contributed by atoms with Crippen molar-refractivity contribution in [2.24, 2.45) is 0 Å². The fourth-order valence-electron chi connectivity index (χ4n) is 8.14. The van der Waals surface area contributed by atoms with Gasteiger partial charge in [-0.05, 0) is 43.7 Å². The van der Waals surface area contributed by atoms with Crippen molar-refractivity contribution in [3.05, 3.63) is 165 Å². The number of aromatic nitrogens is 4. The van der Waals surface area contributed by atoms with E-state index in [1.54, 1.807) is 45.6 Å². The van der Waals surface area contributed by atoms with Crippen LogP contribution >= 0.6 is 0 Å². The monoisotopic (exact) mass is 902 g/mol. The first-order valence-corrected chi connectivity index (χ1v) is 21.2. The molecule has 2 aliphatic heterocycles. The fourth-order valence-corrected chi connectivity index (χ4v) is 8.14. The molecule has 0 bridgehead atoms. The van der Waals surface area contributed by atoms with Crippen LogP contribution in [0.25, 0.3) is 22.5 Å². The molecule has 6 aromatic rings. The minimum absolute atomic E-state index is 0. The Bertz CT molecular complexity index is 2640. The van der Waals surface area contributed by atoms with Gasteiger partial charge in [0.05, 0.1) is 30.1 Å². The molecule has 0 spiro atoms. The summed E-state index contributed by atoms with van der Waals surface area (Å²) in [4.78, 5) is 83.8. The SMILES string of the molecule is C.C.CCOC(=O)c1[nH]c(=O)n(C2CCCN(C(=O)OCc3ccccc3)C2)c1-c1ccccc1.O=C(O)c1[nH]c(=O)n(C2CCCN(C(=O)OCc3ccccc3)C2)c1-c1ccccc1. The Balaban J connectivity index is 0.000000241. The Hall–Kier alpha value is -7.62. The summed E-state index contributed by atoms with van der Waals surface area (Å²) in [6.07, 6.45) is 1.88. The average Bonchev–Trinajstić information content (AvgIpc) is 3.88. The topological polar surface area (TPSA) is 198 Å². The Morgan fingerprint density at radius 1 is 0.576 bits per heavy atom. The number of aromatic amines is 2. The summed E-state index contributed by atoms with van der Waals surface area (Å²) < 4.78 is 19.1. The molecule has 0 aliphatic carbocycles. The summed E-state index contributed by atoms with van der Waals surface area (Å²) in [5.74, 6) is -1.79. The van der Waals surface area contributed by atoms with E-state index in [0.717, 1.165) is 16.7 Å². The van der Waals surface area contributed by atoms with E-state index >= 15 is 0 Å². The number of carbonyl (C=O) groups excluding carboxylic acids is 3. The lowest BCUT2D eigenvalue weighted by Gasteiger charge is -2.33. The van der Waals surface area contributed by atoms with E-state index < -0.39 is 35.5 Å². The molecule has 66 heavy (non-hydrogen) atoms. The summed E-state index contributed by atoms with van der Waals surface area (Å²) in [7, 11) is 0. The minimum Gasteiger partial charge on any atom is -0.477 e. The number of carbonyl (C=O) groups is 4. The fraction of sp³-hybridized carbons (Fsp3) is 0.320. The predicted molar refractivity (Wildman–Crippen MR) is 250 cm³/mol. The number of ether oxygens (including phenoxy) is 3. The summed E-state index contributed by atoms with van der Waals surface area (Å²) in [5, 5.41) is 9.61. The van der Waals surface area contributed by atoms with Crippen LogP contribution in [0.1, 0.15) is 91.6 Å². The summed E-state index contributed by atoms with van der Waals surface area (Å²) in [6, 6.07) is 36.4. The third kappa shape index (κ3) is 11.7. The lowest BCUT2D eigenvalue weighted by atomic mass is 10.0. The number of nitrogens with zero attached hydrogens (tertiary/aromatic N) is 4. The number of H-pyrrole nitrogens is 2. The van der Waals surface area contributed by atoms with Gasteiger partial charge in [-0.3, -0.25) is 19.1 Å². The van der Waals surface area contributed by atoms with Gasteiger partial charge in [0.2, 0.25) is 0 Å². The Labute approximate surface area is 383 Å². The van der Waals surface area contributed by atoms with Gasteiger partial charge in [-0.1, -0.05) is 136 Å². The Kier molecular flexibility index (Phi) is 17.5. The molecule has 2 saturated heterocycles. The number of aromatic carboxylic acids is 1. The van der Waals surface area contributed by atoms with Gasteiger partial charge >= 0.3 is 35.5 Å². The number of likely N-dealkylation sites (tertiary alicyclic amines) is 2. The minimum atomic E-state index is -1.20. The maximum Gasteiger partial charge on any atom is 0.410 e. The number of benzene rings is 4. The number of nitrogens with one attached hydrogen (secondary N) is 2. The van der Waals surface area contributed by atoms with Gasteiger partial charge in [-0.2, -0.15) is 0 Å². The number of hydrogen-bond donors (Lipinski definition) is 3. The highest BCUT2D eigenvalue weighted by molar-refractivity contribution is 5.94. The maximum atomic E-state index is 13.0. The predicted octanol–water partition coefficient (Wildman–Crippen LogP) is 8.78. The van der Waals surface area contributed by atoms with Gasteiger partial charge < -0.3 is 29.1 Å². The molecule has 2 aliphatic rings. The third-order valence-corrected chi connectivity index (χ3v) is 11.1. The van der Waals surface area contributed by atoms with Crippen LogP contribution in [-0.4, -0.2) is 90.9 Å². The quantitative estimate of drug-likeness (QED) is 0.0835. The average molecular weight is 903 g/mol. The van der Waals surface area contributed by atoms with E-state index in [1.165, 1.54) is 4.57 Å².